The molecule has 2 heterocycles. The summed E-state index contributed by atoms with van der Waals surface area (Å²) in [5.41, 5.74) is 3.14. The number of aryl methyl sites for hydroxylation is 2. The highest BCUT2D eigenvalue weighted by atomic mass is 32.1. The molecular formula is C11H12NS+. The molecule has 0 saturated carbocycles. The number of pyridine rings is 1. The molecule has 0 atom stereocenters. The largest absolute Gasteiger partial charge is 0.267 e. The summed E-state index contributed by atoms with van der Waals surface area (Å²) < 4.78 is 2.24. The van der Waals surface area contributed by atoms with Gasteiger partial charge >= 0.3 is 0 Å². The number of fused-ring (bicyclic) bond motifs is 2. The highest BCUT2D eigenvalue weighted by Gasteiger charge is 2.14. The van der Waals surface area contributed by atoms with Gasteiger partial charge in [0.2, 0.25) is 0 Å². The van der Waals surface area contributed by atoms with Crippen LogP contribution in [-0.2, 0) is 12.8 Å². The molecule has 0 aliphatic heterocycles. The summed E-state index contributed by atoms with van der Waals surface area (Å²) >= 11 is 1.82. The lowest BCUT2D eigenvalue weighted by atomic mass is 9.94. The van der Waals surface area contributed by atoms with Gasteiger partial charge in [-0.1, -0.05) is 11.3 Å². The predicted octanol–water partition coefficient (Wildman–Crippen LogP) is 2.37. The molecule has 0 fully saturated rings. The molecule has 0 saturated heterocycles. The fourth-order valence-electron chi connectivity index (χ4n) is 2.10. The van der Waals surface area contributed by atoms with Crippen molar-refractivity contribution in [3.8, 4) is 0 Å². The van der Waals surface area contributed by atoms with Crippen LogP contribution in [0.25, 0.3) is 4.83 Å². The van der Waals surface area contributed by atoms with Crippen molar-refractivity contribution in [1.29, 1.82) is 0 Å². The molecule has 0 unspecified atom stereocenters. The van der Waals surface area contributed by atoms with Crippen LogP contribution in [-0.4, -0.2) is 0 Å². The Balaban J connectivity index is 2.28. The standard InChI is InChI=1S/C11H12NS/c1-2-4-10-8-12-5-6-13-11(12)7-9(10)3-1/h5-8H,1-4H2/q+1. The molecule has 0 spiro atoms. The molecule has 2 aromatic rings. The first kappa shape index (κ1) is 7.51. The van der Waals surface area contributed by atoms with Crippen LogP contribution in [0, 0.1) is 0 Å². The van der Waals surface area contributed by atoms with Crippen LogP contribution in [0.15, 0.2) is 23.8 Å². The highest BCUT2D eigenvalue weighted by Crippen LogP contribution is 2.21. The zero-order valence-electron chi connectivity index (χ0n) is 7.49. The van der Waals surface area contributed by atoms with Crippen LogP contribution in [0.5, 0.6) is 0 Å². The molecule has 1 nitrogen and oxygen atoms in total. The SMILES string of the molecule is c1c[n+]2cc3c(cc2s1)CCCC3. The topological polar surface area (TPSA) is 4.10 Å². The molecule has 2 aromatic heterocycles. The second kappa shape index (κ2) is 2.81. The number of nitrogens with zero attached hydrogens (tertiary/aromatic N) is 1. The number of hydrogen-bond donors (Lipinski definition) is 0. The van der Waals surface area contributed by atoms with Gasteiger partial charge in [0, 0.05) is 11.6 Å². The highest BCUT2D eigenvalue weighted by molar-refractivity contribution is 7.14. The van der Waals surface area contributed by atoms with Crippen molar-refractivity contribution in [3.63, 3.8) is 0 Å². The minimum Gasteiger partial charge on any atom is -0.157 e. The molecule has 0 N–H and O–H groups in total. The van der Waals surface area contributed by atoms with E-state index in [9.17, 15) is 0 Å². The Morgan fingerprint density at radius 2 is 2.00 bits per heavy atom. The Morgan fingerprint density at radius 3 is 2.92 bits per heavy atom. The molecular weight excluding hydrogens is 178 g/mol. The smallest absolute Gasteiger partial charge is 0.157 e. The van der Waals surface area contributed by atoms with E-state index in [0.717, 1.165) is 0 Å². The van der Waals surface area contributed by atoms with Crippen LogP contribution in [0.2, 0.25) is 0 Å². The van der Waals surface area contributed by atoms with Crippen molar-refractivity contribution < 1.29 is 4.40 Å². The third kappa shape index (κ3) is 1.17. The fourth-order valence-corrected chi connectivity index (χ4v) is 2.87. The summed E-state index contributed by atoms with van der Waals surface area (Å²) in [6, 6.07) is 2.36. The van der Waals surface area contributed by atoms with E-state index in [4.69, 9.17) is 0 Å². The van der Waals surface area contributed by atoms with Gasteiger partial charge < -0.3 is 0 Å². The van der Waals surface area contributed by atoms with Gasteiger partial charge in [0.25, 0.3) is 4.83 Å². The second-order valence-electron chi connectivity index (χ2n) is 3.68. The lowest BCUT2D eigenvalue weighted by Gasteiger charge is -2.11. The molecule has 0 amide bonds. The number of aromatic nitrogens is 1. The predicted molar refractivity (Wildman–Crippen MR) is 54.1 cm³/mol. The molecule has 1 aliphatic carbocycles. The molecule has 2 heteroatoms. The Hall–Kier alpha value is -0.890. The van der Waals surface area contributed by atoms with Crippen molar-refractivity contribution in [1.82, 2.24) is 0 Å². The Kier molecular flexibility index (Phi) is 1.62. The Morgan fingerprint density at radius 1 is 1.15 bits per heavy atom. The first-order chi connectivity index (χ1) is 6.43. The van der Waals surface area contributed by atoms with Crippen LogP contribution in [0.4, 0.5) is 0 Å². The molecule has 3 rings (SSSR count). The van der Waals surface area contributed by atoms with E-state index in [2.05, 4.69) is 28.2 Å². The van der Waals surface area contributed by atoms with Gasteiger partial charge in [-0.3, -0.25) is 0 Å². The van der Waals surface area contributed by atoms with Gasteiger partial charge in [-0.2, -0.15) is 4.40 Å². The lowest BCUT2D eigenvalue weighted by molar-refractivity contribution is -0.508. The Bertz CT molecular complexity index is 404. The summed E-state index contributed by atoms with van der Waals surface area (Å²) in [4.78, 5) is 1.38. The molecule has 66 valence electrons. The van der Waals surface area contributed by atoms with Crippen LogP contribution in [0.3, 0.4) is 0 Å². The van der Waals surface area contributed by atoms with Crippen LogP contribution >= 0.6 is 11.3 Å². The summed E-state index contributed by atoms with van der Waals surface area (Å²) in [5, 5.41) is 2.15. The van der Waals surface area contributed by atoms with E-state index in [1.54, 1.807) is 11.1 Å². The van der Waals surface area contributed by atoms with Gasteiger partial charge in [-0.05, 0) is 31.2 Å². The summed E-state index contributed by atoms with van der Waals surface area (Å²) in [7, 11) is 0. The average molecular weight is 190 g/mol. The van der Waals surface area contributed by atoms with Gasteiger partial charge in [-0.15, -0.1) is 0 Å². The monoisotopic (exact) mass is 190 g/mol. The number of thiazole rings is 1. The van der Waals surface area contributed by atoms with Crippen molar-refractivity contribution >= 4 is 16.2 Å². The van der Waals surface area contributed by atoms with Crippen molar-refractivity contribution in [2.75, 3.05) is 0 Å². The van der Waals surface area contributed by atoms with Crippen molar-refractivity contribution in [3.05, 3.63) is 35.0 Å². The molecule has 0 radical (unpaired) electrons. The van der Waals surface area contributed by atoms with Crippen LogP contribution in [0.1, 0.15) is 24.0 Å². The first-order valence-electron chi connectivity index (χ1n) is 4.84. The quantitative estimate of drug-likeness (QED) is 0.562. The normalized spacial score (nSPS) is 16.0. The van der Waals surface area contributed by atoms with Crippen molar-refractivity contribution in [2.45, 2.75) is 25.7 Å². The minimum atomic E-state index is 1.27. The molecule has 13 heavy (non-hydrogen) atoms. The van der Waals surface area contributed by atoms with E-state index in [-0.39, 0.29) is 0 Å². The van der Waals surface area contributed by atoms with E-state index in [1.165, 1.54) is 30.5 Å². The van der Waals surface area contributed by atoms with E-state index < -0.39 is 0 Å². The summed E-state index contributed by atoms with van der Waals surface area (Å²) in [6.45, 7) is 0. The van der Waals surface area contributed by atoms with Crippen LogP contribution < -0.4 is 4.40 Å². The zero-order valence-corrected chi connectivity index (χ0v) is 8.31. The first-order valence-corrected chi connectivity index (χ1v) is 5.72. The third-order valence-corrected chi connectivity index (χ3v) is 3.64. The fraction of sp³-hybridized carbons (Fsp3) is 0.364. The van der Waals surface area contributed by atoms with E-state index >= 15 is 0 Å². The van der Waals surface area contributed by atoms with E-state index in [0.29, 0.717) is 0 Å². The minimum absolute atomic E-state index is 1.27. The van der Waals surface area contributed by atoms with Gasteiger partial charge in [0.1, 0.15) is 0 Å². The molecule has 0 aromatic carbocycles. The average Bonchev–Trinajstić information content (AvgIpc) is 2.61. The second-order valence-corrected chi connectivity index (χ2v) is 4.61. The summed E-state index contributed by atoms with van der Waals surface area (Å²) in [6.07, 6.45) is 9.74. The van der Waals surface area contributed by atoms with Gasteiger partial charge in [0.15, 0.2) is 12.4 Å². The molecule has 1 aliphatic rings. The molecule has 0 bridgehead atoms. The maximum atomic E-state index is 2.36. The van der Waals surface area contributed by atoms with Gasteiger partial charge in [-0.25, -0.2) is 0 Å². The number of hydrogen-bond acceptors (Lipinski definition) is 1. The summed E-state index contributed by atoms with van der Waals surface area (Å²) in [5.74, 6) is 0. The lowest BCUT2D eigenvalue weighted by Crippen LogP contribution is -2.20. The maximum Gasteiger partial charge on any atom is 0.267 e. The zero-order chi connectivity index (χ0) is 8.67. The Labute approximate surface area is 81.7 Å². The number of rotatable bonds is 0. The van der Waals surface area contributed by atoms with Crippen molar-refractivity contribution in [2.24, 2.45) is 0 Å². The van der Waals surface area contributed by atoms with Gasteiger partial charge in [0.05, 0.1) is 5.38 Å². The maximum absolute atomic E-state index is 2.36. The van der Waals surface area contributed by atoms with E-state index in [1.807, 2.05) is 11.3 Å². The third-order valence-electron chi connectivity index (χ3n) is 2.81.